The number of H-pyrrole nitrogens is 1. The molecule has 5 nitrogen and oxygen atoms in total. The van der Waals surface area contributed by atoms with Crippen molar-refractivity contribution in [3.63, 3.8) is 0 Å². The van der Waals surface area contributed by atoms with E-state index in [0.29, 0.717) is 28.5 Å². The summed E-state index contributed by atoms with van der Waals surface area (Å²) in [5, 5.41) is 3.28. The van der Waals surface area contributed by atoms with E-state index in [1.807, 2.05) is 30.5 Å². The number of fused-ring (bicyclic) bond motifs is 2. The van der Waals surface area contributed by atoms with Gasteiger partial charge < -0.3 is 9.72 Å². The van der Waals surface area contributed by atoms with E-state index in [9.17, 15) is 9.59 Å². The molecular formula is C27H26N2O3S2. The molecule has 0 unspecified atom stereocenters. The average Bonchev–Trinajstić information content (AvgIpc) is 3.30. The Balaban J connectivity index is 1.36. The zero-order valence-electron chi connectivity index (χ0n) is 19.1. The summed E-state index contributed by atoms with van der Waals surface area (Å²) < 4.78 is 5.22. The second kappa shape index (κ2) is 10.2. The largest absolute Gasteiger partial charge is 0.462 e. The average molecular weight is 491 g/mol. The van der Waals surface area contributed by atoms with Crippen molar-refractivity contribution in [2.24, 2.45) is 0 Å². The first-order valence-corrected chi connectivity index (χ1v) is 13.5. The summed E-state index contributed by atoms with van der Waals surface area (Å²) in [5.74, 6) is 0.279. The number of ether oxygens (including phenoxy) is 1. The Bertz CT molecular complexity index is 1410. The number of carbonyl (C=O) groups excluding carboxylic acids is 1. The number of benzene rings is 2. The van der Waals surface area contributed by atoms with Crippen LogP contribution in [0.1, 0.15) is 53.2 Å². The zero-order valence-corrected chi connectivity index (χ0v) is 20.7. The lowest BCUT2D eigenvalue weighted by Gasteiger charge is -2.16. The van der Waals surface area contributed by atoms with Gasteiger partial charge in [-0.3, -0.25) is 4.79 Å². The molecule has 1 N–H and O–H groups in total. The fraction of sp³-hybridized carbons (Fsp3) is 0.296. The van der Waals surface area contributed by atoms with Crippen LogP contribution in [0.15, 0.2) is 57.8 Å². The van der Waals surface area contributed by atoms with Crippen molar-refractivity contribution in [3.05, 3.63) is 80.5 Å². The third-order valence-electron chi connectivity index (χ3n) is 6.06. The molecule has 0 bridgehead atoms. The topological polar surface area (TPSA) is 72.0 Å². The number of hydrogen-bond donors (Lipinski definition) is 1. The highest BCUT2D eigenvalue weighted by Gasteiger charge is 2.16. The van der Waals surface area contributed by atoms with E-state index in [-0.39, 0.29) is 11.5 Å². The third-order valence-corrected chi connectivity index (χ3v) is 7.87. The van der Waals surface area contributed by atoms with Crippen LogP contribution in [0, 0.1) is 0 Å². The molecule has 174 valence electrons. The van der Waals surface area contributed by atoms with Gasteiger partial charge in [0.1, 0.15) is 4.83 Å². The molecular weight excluding hydrogens is 464 g/mol. The van der Waals surface area contributed by atoms with Gasteiger partial charge in [-0.1, -0.05) is 49.0 Å². The van der Waals surface area contributed by atoms with Crippen LogP contribution in [0.2, 0.25) is 0 Å². The molecule has 0 fully saturated rings. The summed E-state index contributed by atoms with van der Waals surface area (Å²) in [6, 6.07) is 14.0. The highest BCUT2D eigenvalue weighted by molar-refractivity contribution is 7.98. The minimum absolute atomic E-state index is 0.113. The zero-order chi connectivity index (χ0) is 23.5. The van der Waals surface area contributed by atoms with Crippen LogP contribution in [-0.2, 0) is 23.3 Å². The lowest BCUT2D eigenvalue weighted by molar-refractivity contribution is 0.0505. The minimum atomic E-state index is -0.310. The molecule has 2 heterocycles. The predicted molar refractivity (Wildman–Crippen MR) is 139 cm³/mol. The SMILES string of the molecule is CCCOC(=O)c1cccc(CSc2nc3scc(-c4ccc5c(c4)CCCC5)c3c(=O)[nH]2)c1. The number of carbonyl (C=O) groups is 1. The van der Waals surface area contributed by atoms with Crippen molar-refractivity contribution < 1.29 is 9.53 Å². The van der Waals surface area contributed by atoms with Gasteiger partial charge in [0.05, 0.1) is 17.6 Å². The first kappa shape index (κ1) is 22.9. The third kappa shape index (κ3) is 4.81. The Hall–Kier alpha value is -2.90. The molecule has 2 aromatic carbocycles. The maximum absolute atomic E-state index is 13.0. The summed E-state index contributed by atoms with van der Waals surface area (Å²) in [4.78, 5) is 33.6. The quantitative estimate of drug-likeness (QED) is 0.185. The molecule has 34 heavy (non-hydrogen) atoms. The van der Waals surface area contributed by atoms with Crippen molar-refractivity contribution >= 4 is 39.3 Å². The highest BCUT2D eigenvalue weighted by Crippen LogP contribution is 2.34. The van der Waals surface area contributed by atoms with Crippen molar-refractivity contribution in [1.82, 2.24) is 9.97 Å². The second-order valence-corrected chi connectivity index (χ2v) is 10.3. The van der Waals surface area contributed by atoms with Crippen LogP contribution in [-0.4, -0.2) is 22.5 Å². The lowest BCUT2D eigenvalue weighted by atomic mass is 9.89. The van der Waals surface area contributed by atoms with Crippen molar-refractivity contribution in [3.8, 4) is 11.1 Å². The van der Waals surface area contributed by atoms with Gasteiger partial charge in [0.15, 0.2) is 5.16 Å². The number of nitrogens with zero attached hydrogens (tertiary/aromatic N) is 1. The smallest absolute Gasteiger partial charge is 0.338 e. The lowest BCUT2D eigenvalue weighted by Crippen LogP contribution is -2.09. The number of hydrogen-bond acceptors (Lipinski definition) is 6. The van der Waals surface area contributed by atoms with Gasteiger partial charge in [0, 0.05) is 16.7 Å². The highest BCUT2D eigenvalue weighted by atomic mass is 32.2. The summed E-state index contributed by atoms with van der Waals surface area (Å²) >= 11 is 2.96. The fourth-order valence-corrected chi connectivity index (χ4v) is 6.14. The Morgan fingerprint density at radius 3 is 2.85 bits per heavy atom. The molecule has 0 saturated carbocycles. The van der Waals surface area contributed by atoms with E-state index in [0.717, 1.165) is 40.8 Å². The maximum atomic E-state index is 13.0. The molecule has 2 aromatic heterocycles. The second-order valence-electron chi connectivity index (χ2n) is 8.52. The number of aromatic amines is 1. The maximum Gasteiger partial charge on any atom is 0.338 e. The molecule has 0 atom stereocenters. The standard InChI is InChI=1S/C27H26N2O3S2/c1-2-12-32-26(31)21-9-5-6-17(13-21)15-34-27-28-24(30)23-22(16-33-25(23)29-27)20-11-10-18-7-3-4-8-19(18)14-20/h5-6,9-11,13-14,16H,2-4,7-8,12,15H2,1H3,(H,28,29,30). The van der Waals surface area contributed by atoms with Crippen molar-refractivity contribution in [2.75, 3.05) is 6.61 Å². The van der Waals surface area contributed by atoms with Crippen molar-refractivity contribution in [2.45, 2.75) is 49.9 Å². The number of esters is 1. The van der Waals surface area contributed by atoms with E-state index in [4.69, 9.17) is 9.72 Å². The number of thiophene rings is 1. The Labute approximate surface area is 206 Å². The Kier molecular flexibility index (Phi) is 6.83. The minimum Gasteiger partial charge on any atom is -0.462 e. The molecule has 0 saturated heterocycles. The summed E-state index contributed by atoms with van der Waals surface area (Å²) in [6.45, 7) is 2.38. The van der Waals surface area contributed by atoms with Gasteiger partial charge in [0.25, 0.3) is 5.56 Å². The Morgan fingerprint density at radius 2 is 2.00 bits per heavy atom. The number of nitrogens with one attached hydrogen (secondary N) is 1. The van der Waals surface area contributed by atoms with Crippen LogP contribution in [0.25, 0.3) is 21.3 Å². The van der Waals surface area contributed by atoms with Gasteiger partial charge in [-0.05, 0) is 66.5 Å². The number of aromatic nitrogens is 2. The van der Waals surface area contributed by atoms with Gasteiger partial charge in [-0.15, -0.1) is 11.3 Å². The van der Waals surface area contributed by atoms with E-state index in [1.54, 1.807) is 6.07 Å². The van der Waals surface area contributed by atoms with E-state index < -0.39 is 0 Å². The van der Waals surface area contributed by atoms with E-state index in [1.165, 1.54) is 47.1 Å². The molecule has 0 radical (unpaired) electrons. The number of thioether (sulfide) groups is 1. The summed E-state index contributed by atoms with van der Waals surface area (Å²) in [7, 11) is 0. The van der Waals surface area contributed by atoms with Crippen LogP contribution < -0.4 is 5.56 Å². The van der Waals surface area contributed by atoms with Crippen LogP contribution >= 0.6 is 23.1 Å². The monoisotopic (exact) mass is 490 g/mol. The van der Waals surface area contributed by atoms with E-state index >= 15 is 0 Å². The molecule has 5 rings (SSSR count). The number of aryl methyl sites for hydroxylation is 2. The normalized spacial score (nSPS) is 13.1. The van der Waals surface area contributed by atoms with E-state index in [2.05, 4.69) is 23.2 Å². The van der Waals surface area contributed by atoms with Crippen LogP contribution in [0.5, 0.6) is 0 Å². The summed E-state index contributed by atoms with van der Waals surface area (Å²) in [5.41, 5.74) is 6.28. The predicted octanol–water partition coefficient (Wildman–Crippen LogP) is 6.39. The van der Waals surface area contributed by atoms with Gasteiger partial charge in [0.2, 0.25) is 0 Å². The number of rotatable bonds is 7. The molecule has 0 aliphatic heterocycles. The van der Waals surface area contributed by atoms with Gasteiger partial charge >= 0.3 is 5.97 Å². The van der Waals surface area contributed by atoms with Gasteiger partial charge in [-0.25, -0.2) is 9.78 Å². The molecule has 0 amide bonds. The molecule has 1 aliphatic rings. The van der Waals surface area contributed by atoms with Crippen LogP contribution in [0.4, 0.5) is 0 Å². The first-order chi connectivity index (χ1) is 16.6. The molecule has 4 aromatic rings. The van der Waals surface area contributed by atoms with Gasteiger partial charge in [-0.2, -0.15) is 0 Å². The molecule has 0 spiro atoms. The summed E-state index contributed by atoms with van der Waals surface area (Å²) in [6.07, 6.45) is 5.53. The first-order valence-electron chi connectivity index (χ1n) is 11.6. The van der Waals surface area contributed by atoms with Crippen molar-refractivity contribution in [1.29, 1.82) is 0 Å². The molecule has 7 heteroatoms. The Morgan fingerprint density at radius 1 is 1.15 bits per heavy atom. The fourth-order valence-electron chi connectivity index (χ4n) is 4.33. The van der Waals surface area contributed by atoms with Crippen LogP contribution in [0.3, 0.4) is 0 Å². The molecule has 1 aliphatic carbocycles.